The lowest BCUT2D eigenvalue weighted by Gasteiger charge is -1.99. The summed E-state index contributed by atoms with van der Waals surface area (Å²) in [5.74, 6) is 1.73. The Morgan fingerprint density at radius 2 is 2.00 bits per heavy atom. The van der Waals surface area contributed by atoms with Crippen molar-refractivity contribution in [3.63, 3.8) is 0 Å². The van der Waals surface area contributed by atoms with Crippen molar-refractivity contribution in [2.45, 2.75) is 11.8 Å². The number of rotatable bonds is 4. The fourth-order valence-electron chi connectivity index (χ4n) is 1.87. The first-order valence-electron chi connectivity index (χ1n) is 6.49. The lowest BCUT2D eigenvalue weighted by Crippen LogP contribution is -1.84. The fourth-order valence-corrected chi connectivity index (χ4v) is 2.53. The molecule has 0 saturated heterocycles. The van der Waals surface area contributed by atoms with Crippen LogP contribution in [0.15, 0.2) is 52.0 Å². The molecule has 3 aromatic rings. The van der Waals surface area contributed by atoms with Crippen molar-refractivity contribution in [3.05, 3.63) is 42.6 Å². The Hall–Kier alpha value is -2.34. The predicted molar refractivity (Wildman–Crippen MR) is 81.0 cm³/mol. The summed E-state index contributed by atoms with van der Waals surface area (Å²) in [5, 5.41) is 13.7. The minimum absolute atomic E-state index is 0.0161. The third-order valence-electron chi connectivity index (χ3n) is 2.84. The molecule has 2 heterocycles. The Kier molecular flexibility index (Phi) is 3.87. The van der Waals surface area contributed by atoms with E-state index in [9.17, 15) is 5.11 Å². The van der Waals surface area contributed by atoms with Crippen LogP contribution in [-0.2, 0) is 0 Å². The van der Waals surface area contributed by atoms with Crippen molar-refractivity contribution in [1.82, 2.24) is 15.1 Å². The van der Waals surface area contributed by atoms with E-state index >= 15 is 0 Å². The van der Waals surface area contributed by atoms with Gasteiger partial charge in [0.25, 0.3) is 5.89 Å². The van der Waals surface area contributed by atoms with Gasteiger partial charge in [0.2, 0.25) is 5.82 Å². The van der Waals surface area contributed by atoms with Gasteiger partial charge in [0.1, 0.15) is 5.75 Å². The summed E-state index contributed by atoms with van der Waals surface area (Å²) in [4.78, 5) is 9.53. The van der Waals surface area contributed by atoms with E-state index in [-0.39, 0.29) is 17.3 Å². The Bertz CT molecular complexity index is 741. The standard InChI is InChI=1S/C15H13N3O2S/c1-2-21-11-7-5-10(6-8-11)14-17-15(20-18-14)13-12(19)4-3-9-16-13/h3-9,19H,2H2,1H3. The summed E-state index contributed by atoms with van der Waals surface area (Å²) in [6, 6.07) is 11.1. The number of aromatic nitrogens is 3. The van der Waals surface area contributed by atoms with Crippen LogP contribution in [0.1, 0.15) is 6.92 Å². The molecule has 1 aromatic carbocycles. The summed E-state index contributed by atoms with van der Waals surface area (Å²) in [5.41, 5.74) is 1.15. The maximum Gasteiger partial charge on any atom is 0.280 e. The van der Waals surface area contributed by atoms with Crippen molar-refractivity contribution in [1.29, 1.82) is 0 Å². The second kappa shape index (κ2) is 5.97. The average molecular weight is 299 g/mol. The highest BCUT2D eigenvalue weighted by Gasteiger charge is 2.14. The summed E-state index contributed by atoms with van der Waals surface area (Å²) >= 11 is 1.78. The Labute approximate surface area is 126 Å². The van der Waals surface area contributed by atoms with E-state index in [0.717, 1.165) is 11.3 Å². The monoisotopic (exact) mass is 299 g/mol. The Balaban J connectivity index is 1.89. The molecule has 0 radical (unpaired) electrons. The minimum Gasteiger partial charge on any atom is -0.505 e. The largest absolute Gasteiger partial charge is 0.505 e. The molecular weight excluding hydrogens is 286 g/mol. The van der Waals surface area contributed by atoms with Gasteiger partial charge in [-0.15, -0.1) is 11.8 Å². The normalized spacial score (nSPS) is 10.7. The molecule has 2 aromatic heterocycles. The van der Waals surface area contributed by atoms with Gasteiger partial charge in [0.05, 0.1) is 0 Å². The van der Waals surface area contributed by atoms with Gasteiger partial charge in [0, 0.05) is 16.7 Å². The highest BCUT2D eigenvalue weighted by atomic mass is 32.2. The van der Waals surface area contributed by atoms with Gasteiger partial charge in [-0.1, -0.05) is 12.1 Å². The van der Waals surface area contributed by atoms with Gasteiger partial charge in [-0.3, -0.25) is 0 Å². The molecule has 0 aliphatic heterocycles. The predicted octanol–water partition coefficient (Wildman–Crippen LogP) is 3.62. The summed E-state index contributed by atoms with van der Waals surface area (Å²) in [7, 11) is 0. The molecule has 1 N–H and O–H groups in total. The van der Waals surface area contributed by atoms with E-state index in [1.165, 1.54) is 11.0 Å². The van der Waals surface area contributed by atoms with Crippen LogP contribution < -0.4 is 0 Å². The lowest BCUT2D eigenvalue weighted by atomic mass is 10.2. The van der Waals surface area contributed by atoms with Gasteiger partial charge in [0.15, 0.2) is 5.69 Å². The van der Waals surface area contributed by atoms with Gasteiger partial charge in [-0.25, -0.2) is 4.98 Å². The number of thioether (sulfide) groups is 1. The molecule has 0 saturated carbocycles. The molecule has 106 valence electrons. The van der Waals surface area contributed by atoms with Gasteiger partial charge < -0.3 is 9.63 Å². The third-order valence-corrected chi connectivity index (χ3v) is 3.73. The molecule has 0 bridgehead atoms. The Morgan fingerprint density at radius 1 is 1.19 bits per heavy atom. The van der Waals surface area contributed by atoms with E-state index in [2.05, 4.69) is 22.0 Å². The summed E-state index contributed by atoms with van der Waals surface area (Å²) < 4.78 is 5.17. The zero-order chi connectivity index (χ0) is 14.7. The van der Waals surface area contributed by atoms with Crippen molar-refractivity contribution < 1.29 is 9.63 Å². The number of hydrogen-bond donors (Lipinski definition) is 1. The van der Waals surface area contributed by atoms with Crippen molar-refractivity contribution in [3.8, 4) is 28.7 Å². The molecule has 0 aliphatic rings. The lowest BCUT2D eigenvalue weighted by molar-refractivity contribution is 0.423. The van der Waals surface area contributed by atoms with Crippen LogP contribution in [-0.4, -0.2) is 26.0 Å². The number of aromatic hydroxyl groups is 1. The summed E-state index contributed by atoms with van der Waals surface area (Å²) in [6.07, 6.45) is 1.57. The minimum atomic E-state index is 0.0161. The first kappa shape index (κ1) is 13.6. The third kappa shape index (κ3) is 2.90. The molecule has 0 unspecified atom stereocenters. The van der Waals surface area contributed by atoms with Crippen LogP contribution >= 0.6 is 11.8 Å². The van der Waals surface area contributed by atoms with Crippen LogP contribution in [0.2, 0.25) is 0 Å². The molecule has 6 heteroatoms. The molecule has 3 rings (SSSR count). The molecule has 0 aliphatic carbocycles. The van der Waals surface area contributed by atoms with Gasteiger partial charge in [-0.05, 0) is 42.2 Å². The number of nitrogens with zero attached hydrogens (tertiary/aromatic N) is 3. The second-order valence-corrected chi connectivity index (χ2v) is 5.59. The molecule has 0 fully saturated rings. The van der Waals surface area contributed by atoms with Gasteiger partial charge in [-0.2, -0.15) is 4.98 Å². The smallest absolute Gasteiger partial charge is 0.280 e. The van der Waals surface area contributed by atoms with Crippen LogP contribution in [0.5, 0.6) is 5.75 Å². The van der Waals surface area contributed by atoms with E-state index in [0.29, 0.717) is 5.82 Å². The van der Waals surface area contributed by atoms with Crippen molar-refractivity contribution >= 4 is 11.8 Å². The van der Waals surface area contributed by atoms with Crippen LogP contribution in [0.25, 0.3) is 23.0 Å². The number of benzene rings is 1. The highest BCUT2D eigenvalue weighted by molar-refractivity contribution is 7.99. The maximum atomic E-state index is 9.75. The molecule has 21 heavy (non-hydrogen) atoms. The van der Waals surface area contributed by atoms with E-state index in [1.807, 2.05) is 24.3 Å². The topological polar surface area (TPSA) is 72.0 Å². The SMILES string of the molecule is CCSc1ccc(-c2noc(-c3ncccc3O)n2)cc1. The van der Waals surface area contributed by atoms with Crippen molar-refractivity contribution in [2.24, 2.45) is 0 Å². The molecule has 5 nitrogen and oxygen atoms in total. The second-order valence-electron chi connectivity index (χ2n) is 4.25. The summed E-state index contributed by atoms with van der Waals surface area (Å²) in [6.45, 7) is 2.11. The average Bonchev–Trinajstić information content (AvgIpc) is 2.98. The van der Waals surface area contributed by atoms with E-state index in [4.69, 9.17) is 4.52 Å². The first-order valence-corrected chi connectivity index (χ1v) is 7.48. The van der Waals surface area contributed by atoms with Crippen LogP contribution in [0.3, 0.4) is 0 Å². The number of hydrogen-bond acceptors (Lipinski definition) is 6. The molecule has 0 amide bonds. The molecular formula is C15H13N3O2S. The zero-order valence-electron chi connectivity index (χ0n) is 11.4. The quantitative estimate of drug-likeness (QED) is 0.742. The number of pyridine rings is 1. The highest BCUT2D eigenvalue weighted by Crippen LogP contribution is 2.27. The first-order chi connectivity index (χ1) is 10.3. The Morgan fingerprint density at radius 3 is 2.71 bits per heavy atom. The molecule has 0 atom stereocenters. The van der Waals surface area contributed by atoms with Gasteiger partial charge >= 0.3 is 0 Å². The fraction of sp³-hybridized carbons (Fsp3) is 0.133. The zero-order valence-corrected chi connectivity index (χ0v) is 12.2. The van der Waals surface area contributed by atoms with E-state index in [1.54, 1.807) is 24.0 Å². The van der Waals surface area contributed by atoms with Crippen LogP contribution in [0.4, 0.5) is 0 Å². The maximum absolute atomic E-state index is 9.75. The van der Waals surface area contributed by atoms with Crippen LogP contribution in [0, 0.1) is 0 Å². The van der Waals surface area contributed by atoms with E-state index < -0.39 is 0 Å². The molecule has 0 spiro atoms. The van der Waals surface area contributed by atoms with Crippen molar-refractivity contribution in [2.75, 3.05) is 5.75 Å².